The second-order valence-corrected chi connectivity index (χ2v) is 0. The van der Waals surface area contributed by atoms with Crippen LogP contribution in [0.1, 0.15) is 0 Å². The molecule has 61 valence electrons. The van der Waals surface area contributed by atoms with E-state index in [4.69, 9.17) is 0 Å². The molecule has 0 nitrogen and oxygen atoms in total. The SMILES string of the molecule is [F-].[F-].[F-].[F-].[F-].[F-].[F-].[K+].[Mn+2].[Si+4]. The summed E-state index contributed by atoms with van der Waals surface area (Å²) in [6.45, 7) is 0. The molecule has 0 aromatic rings. The Bertz CT molecular complexity index is 13.6. The van der Waals surface area contributed by atoms with Crippen molar-refractivity contribution < 1.29 is 101 Å². The van der Waals surface area contributed by atoms with Gasteiger partial charge in [0.2, 0.25) is 0 Å². The molecule has 1 radical (unpaired) electrons. The monoisotopic (exact) mass is 255 g/mol. The Kier molecular flexibility index (Phi) is 11900. The first-order valence-electron chi connectivity index (χ1n) is 0. The predicted molar refractivity (Wildman–Crippen MR) is 5.75 cm³/mol. The van der Waals surface area contributed by atoms with Gasteiger partial charge in [0.15, 0.2) is 0 Å². The Morgan fingerprint density at radius 3 is 0.400 bits per heavy atom. The summed E-state index contributed by atoms with van der Waals surface area (Å²) in [5.74, 6) is 0. The number of hydrogen-bond acceptors (Lipinski definition) is 0. The summed E-state index contributed by atoms with van der Waals surface area (Å²) >= 11 is 0. The quantitative estimate of drug-likeness (QED) is 0.298. The summed E-state index contributed by atoms with van der Waals surface area (Å²) in [5.41, 5.74) is 0. The van der Waals surface area contributed by atoms with Crippen LogP contribution in [-0.4, -0.2) is 11.0 Å². The summed E-state index contributed by atoms with van der Waals surface area (Å²) in [5, 5.41) is 0. The van der Waals surface area contributed by atoms with Crippen molar-refractivity contribution in [3.63, 3.8) is 0 Å². The van der Waals surface area contributed by atoms with Crippen molar-refractivity contribution in [2.75, 3.05) is 0 Å². The van der Waals surface area contributed by atoms with Gasteiger partial charge in [-0.2, -0.15) is 0 Å². The van der Waals surface area contributed by atoms with Crippen molar-refractivity contribution in [3.8, 4) is 0 Å². The van der Waals surface area contributed by atoms with Crippen LogP contribution in [0, 0.1) is 0 Å². The largest absolute Gasteiger partial charge is 4.00 e. The van der Waals surface area contributed by atoms with E-state index < -0.39 is 0 Å². The van der Waals surface area contributed by atoms with E-state index in [0.29, 0.717) is 0 Å². The van der Waals surface area contributed by atoms with Gasteiger partial charge in [-0.25, -0.2) is 0 Å². The molecular weight excluding hydrogens is 255 g/mol. The third-order valence-electron chi connectivity index (χ3n) is 0. The molecule has 0 spiro atoms. The first kappa shape index (κ1) is 397. The molecule has 0 amide bonds. The molecule has 0 aliphatic carbocycles. The van der Waals surface area contributed by atoms with Crippen molar-refractivity contribution in [1.29, 1.82) is 0 Å². The van der Waals surface area contributed by atoms with Crippen LogP contribution in [0.2, 0.25) is 0 Å². The molecule has 0 aromatic carbocycles. The van der Waals surface area contributed by atoms with E-state index >= 15 is 0 Å². The maximum absolute atomic E-state index is 0. The molecule has 0 unspecified atom stereocenters. The number of halogens is 7. The minimum atomic E-state index is 0. The molecule has 0 bridgehead atoms. The zero-order valence-corrected chi connectivity index (χ0v) is 9.83. The van der Waals surface area contributed by atoms with Gasteiger partial charge in [0, 0.05) is 0 Å². The third-order valence-corrected chi connectivity index (χ3v) is 0. The molecule has 0 rings (SSSR count). The van der Waals surface area contributed by atoms with Crippen LogP contribution in [0.15, 0.2) is 0 Å². The second-order valence-electron chi connectivity index (χ2n) is 0. The Labute approximate surface area is 111 Å². The fourth-order valence-electron chi connectivity index (χ4n) is 0. The molecule has 10 heavy (non-hydrogen) atoms. The Balaban J connectivity index is 0. The van der Waals surface area contributed by atoms with E-state index in [1.807, 2.05) is 0 Å². The van der Waals surface area contributed by atoms with Gasteiger partial charge >= 0.3 is 79.4 Å². The van der Waals surface area contributed by atoms with Gasteiger partial charge in [-0.05, 0) is 0 Å². The molecule has 0 atom stereocenters. The molecule has 0 heterocycles. The molecule has 0 aliphatic rings. The zero-order valence-electron chi connectivity index (χ0n) is 4.52. The third kappa shape index (κ3) is 220. The van der Waals surface area contributed by atoms with E-state index in [2.05, 4.69) is 0 Å². The standard InChI is InChI=1S/7FH.K.Mn.Si/h7*1H;;;/q;;;;;;;+1;+2;+4/p-7. The first-order valence-corrected chi connectivity index (χ1v) is 0. The summed E-state index contributed by atoms with van der Waals surface area (Å²) in [4.78, 5) is 0. The first-order chi connectivity index (χ1) is 0. The number of rotatable bonds is 0. The van der Waals surface area contributed by atoms with Crippen LogP contribution in [-0.2, 0) is 17.1 Å². The number of hydrogen-bond donors (Lipinski definition) is 0. The Morgan fingerprint density at radius 2 is 0.400 bits per heavy atom. The maximum Gasteiger partial charge on any atom is 4.00 e. The maximum atomic E-state index is 0. The normalized spacial score (nSPS) is 0. The summed E-state index contributed by atoms with van der Waals surface area (Å²) in [6, 6.07) is 0. The molecule has 0 saturated heterocycles. The predicted octanol–water partition coefficient (Wildman–Crippen LogP) is -24.4. The zero-order chi connectivity index (χ0) is 0. The van der Waals surface area contributed by atoms with Gasteiger partial charge in [-0.1, -0.05) is 0 Å². The van der Waals surface area contributed by atoms with Crippen molar-refractivity contribution in [2.45, 2.75) is 0 Å². The van der Waals surface area contributed by atoms with Gasteiger partial charge in [-0.3, -0.25) is 0 Å². The molecule has 0 N–H and O–H groups in total. The fraction of sp³-hybridized carbons (Fsp3) is 0. The van der Waals surface area contributed by atoms with Crippen LogP contribution in [0.5, 0.6) is 0 Å². The van der Waals surface area contributed by atoms with Crippen molar-refractivity contribution >= 4 is 11.0 Å². The van der Waals surface area contributed by atoms with Crippen LogP contribution in [0.3, 0.4) is 0 Å². The van der Waals surface area contributed by atoms with E-state index in [1.54, 1.807) is 0 Å². The fourth-order valence-corrected chi connectivity index (χ4v) is 0. The van der Waals surface area contributed by atoms with Gasteiger partial charge in [0.25, 0.3) is 0 Å². The van der Waals surface area contributed by atoms with Crippen LogP contribution < -0.4 is 84.3 Å². The van der Waals surface area contributed by atoms with Gasteiger partial charge in [0.05, 0.1) is 0 Å². The Hall–Kier alpha value is 1.88. The van der Waals surface area contributed by atoms with E-state index in [-0.39, 0.29) is 112 Å². The van der Waals surface area contributed by atoms with Gasteiger partial charge < -0.3 is 32.9 Å². The molecule has 0 fully saturated rings. The van der Waals surface area contributed by atoms with Crippen LogP contribution in [0.4, 0.5) is 0 Å². The molecule has 10 heteroatoms. The smallest absolute Gasteiger partial charge is 1.00 e. The second kappa shape index (κ2) is 300. The van der Waals surface area contributed by atoms with Crippen LogP contribution in [0.25, 0.3) is 0 Å². The van der Waals surface area contributed by atoms with E-state index in [1.165, 1.54) is 0 Å². The van der Waals surface area contributed by atoms with Gasteiger partial charge in [0.1, 0.15) is 0 Å². The van der Waals surface area contributed by atoms with E-state index in [9.17, 15) is 0 Å². The van der Waals surface area contributed by atoms with E-state index in [0.717, 1.165) is 0 Å². The van der Waals surface area contributed by atoms with Crippen molar-refractivity contribution in [1.82, 2.24) is 0 Å². The van der Waals surface area contributed by atoms with Gasteiger partial charge in [-0.15, -0.1) is 0 Å². The summed E-state index contributed by atoms with van der Waals surface area (Å²) in [7, 11) is 0. The van der Waals surface area contributed by atoms with Crippen molar-refractivity contribution in [3.05, 3.63) is 0 Å². The molecule has 0 saturated carbocycles. The minimum absolute atomic E-state index is 0. The molecular formula is F7KMnSi. The average molecular weight is 255 g/mol. The molecule has 0 aliphatic heterocycles. The van der Waals surface area contributed by atoms with Crippen LogP contribution >= 0.6 is 0 Å². The molecule has 0 aromatic heterocycles. The minimum Gasteiger partial charge on any atom is -1.00 e. The Morgan fingerprint density at radius 1 is 0.400 bits per heavy atom. The average Bonchev–Trinajstić information content (AvgIpc) is 0. The summed E-state index contributed by atoms with van der Waals surface area (Å²) in [6.07, 6.45) is 0. The topological polar surface area (TPSA) is 0 Å². The van der Waals surface area contributed by atoms with Crippen molar-refractivity contribution in [2.24, 2.45) is 0 Å². The summed E-state index contributed by atoms with van der Waals surface area (Å²) < 4.78 is 0.